The third-order valence-electron chi connectivity index (χ3n) is 4.67. The minimum atomic E-state index is -0.190. The highest BCUT2D eigenvalue weighted by Crippen LogP contribution is 2.32. The molecule has 1 saturated carbocycles. The molecule has 0 bridgehead atoms. The van der Waals surface area contributed by atoms with Gasteiger partial charge < -0.3 is 5.32 Å². The van der Waals surface area contributed by atoms with Crippen LogP contribution in [0.25, 0.3) is 21.6 Å². The van der Waals surface area contributed by atoms with Crippen molar-refractivity contribution in [3.63, 3.8) is 0 Å². The number of aromatic nitrogens is 2. The highest BCUT2D eigenvalue weighted by atomic mass is 32.2. The van der Waals surface area contributed by atoms with Crippen LogP contribution in [0.3, 0.4) is 0 Å². The van der Waals surface area contributed by atoms with E-state index < -0.39 is 0 Å². The molecule has 1 N–H and O–H groups in total. The summed E-state index contributed by atoms with van der Waals surface area (Å²) in [6.07, 6.45) is 4.63. The highest BCUT2D eigenvalue weighted by molar-refractivity contribution is 8.00. The first kappa shape index (κ1) is 17.5. The number of benzene rings is 1. The van der Waals surface area contributed by atoms with Gasteiger partial charge >= 0.3 is 0 Å². The lowest BCUT2D eigenvalue weighted by molar-refractivity contribution is -0.120. The zero-order valence-corrected chi connectivity index (χ0v) is 16.3. The fourth-order valence-electron chi connectivity index (χ4n) is 3.26. The Hall–Kier alpha value is -1.92. The lowest BCUT2D eigenvalue weighted by atomic mass is 10.2. The summed E-state index contributed by atoms with van der Waals surface area (Å²) in [7, 11) is 0. The van der Waals surface area contributed by atoms with Crippen molar-refractivity contribution in [1.29, 1.82) is 0 Å². The highest BCUT2D eigenvalue weighted by Gasteiger charge is 2.22. The van der Waals surface area contributed by atoms with Crippen molar-refractivity contribution in [1.82, 2.24) is 15.3 Å². The number of hydrogen-bond acceptors (Lipinski definition) is 5. The maximum Gasteiger partial charge on any atom is 0.233 e. The number of amides is 1. The summed E-state index contributed by atoms with van der Waals surface area (Å²) in [4.78, 5) is 23.1. The van der Waals surface area contributed by atoms with E-state index in [4.69, 9.17) is 9.97 Å². The molecule has 2 aromatic heterocycles. The van der Waals surface area contributed by atoms with Gasteiger partial charge in [0.05, 0.1) is 15.6 Å². The molecule has 1 amide bonds. The van der Waals surface area contributed by atoms with Gasteiger partial charge in [0.2, 0.25) is 5.91 Å². The number of thiophene rings is 1. The smallest absolute Gasteiger partial charge is 0.233 e. The van der Waals surface area contributed by atoms with E-state index in [2.05, 4.69) is 5.32 Å². The summed E-state index contributed by atoms with van der Waals surface area (Å²) < 4.78 is 0. The summed E-state index contributed by atoms with van der Waals surface area (Å²) in [5, 5.41) is 6.89. The van der Waals surface area contributed by atoms with Gasteiger partial charge in [0, 0.05) is 11.4 Å². The van der Waals surface area contributed by atoms with Crippen molar-refractivity contribution in [2.24, 2.45) is 0 Å². The van der Waals surface area contributed by atoms with Gasteiger partial charge in [-0.3, -0.25) is 4.79 Å². The zero-order valence-electron chi connectivity index (χ0n) is 14.6. The second-order valence-electron chi connectivity index (χ2n) is 6.60. The van der Waals surface area contributed by atoms with E-state index >= 15 is 0 Å². The van der Waals surface area contributed by atoms with Gasteiger partial charge in [-0.1, -0.05) is 48.9 Å². The van der Waals surface area contributed by atoms with E-state index in [0.717, 1.165) is 39.5 Å². The molecule has 4 rings (SSSR count). The minimum Gasteiger partial charge on any atom is -0.352 e. The number of fused-ring (bicyclic) bond motifs is 1. The standard InChI is InChI=1S/C20H21N3OS2/c1-13(19(24)21-14-7-2-3-8-14)26-20-15-9-4-5-10-16(15)22-18(23-20)17-11-6-12-25-17/h4-6,9-14H,2-3,7-8H2,1H3,(H,21,24)/t13-/m1/s1. The molecule has 0 spiro atoms. The topological polar surface area (TPSA) is 54.9 Å². The summed E-state index contributed by atoms with van der Waals surface area (Å²) in [5.41, 5.74) is 0.914. The van der Waals surface area contributed by atoms with Crippen LogP contribution in [-0.2, 0) is 4.79 Å². The molecule has 0 aliphatic heterocycles. The summed E-state index contributed by atoms with van der Waals surface area (Å²) >= 11 is 3.14. The predicted molar refractivity (Wildman–Crippen MR) is 109 cm³/mol. The van der Waals surface area contributed by atoms with Gasteiger partial charge in [-0.05, 0) is 37.3 Å². The van der Waals surface area contributed by atoms with Crippen LogP contribution in [0.2, 0.25) is 0 Å². The fourth-order valence-corrected chi connectivity index (χ4v) is 4.87. The lowest BCUT2D eigenvalue weighted by Gasteiger charge is -2.17. The number of nitrogens with one attached hydrogen (secondary N) is 1. The zero-order chi connectivity index (χ0) is 17.9. The number of rotatable bonds is 5. The second kappa shape index (κ2) is 7.76. The molecule has 26 heavy (non-hydrogen) atoms. The van der Waals surface area contributed by atoms with E-state index in [1.54, 1.807) is 11.3 Å². The van der Waals surface area contributed by atoms with Crippen molar-refractivity contribution in [2.45, 2.75) is 48.9 Å². The molecule has 1 atom stereocenters. The molecule has 0 saturated heterocycles. The maximum atomic E-state index is 12.6. The molecule has 1 aliphatic rings. The van der Waals surface area contributed by atoms with Gasteiger partial charge in [-0.25, -0.2) is 9.97 Å². The molecular weight excluding hydrogens is 362 g/mol. The molecule has 0 unspecified atom stereocenters. The lowest BCUT2D eigenvalue weighted by Crippen LogP contribution is -2.37. The van der Waals surface area contributed by atoms with E-state index in [1.165, 1.54) is 24.6 Å². The first-order valence-electron chi connectivity index (χ1n) is 8.98. The average Bonchev–Trinajstić information content (AvgIpc) is 3.35. The third-order valence-corrected chi connectivity index (χ3v) is 6.64. The first-order chi connectivity index (χ1) is 12.7. The van der Waals surface area contributed by atoms with Crippen LogP contribution in [0.1, 0.15) is 32.6 Å². The Morgan fingerprint density at radius 3 is 2.77 bits per heavy atom. The third kappa shape index (κ3) is 3.76. The van der Waals surface area contributed by atoms with Crippen LogP contribution in [0.15, 0.2) is 46.8 Å². The minimum absolute atomic E-state index is 0.0993. The molecule has 1 aliphatic carbocycles. The van der Waals surface area contributed by atoms with E-state index in [9.17, 15) is 4.79 Å². The van der Waals surface area contributed by atoms with E-state index in [1.807, 2.05) is 48.7 Å². The van der Waals surface area contributed by atoms with Crippen molar-refractivity contribution in [3.8, 4) is 10.7 Å². The van der Waals surface area contributed by atoms with Crippen molar-refractivity contribution in [3.05, 3.63) is 41.8 Å². The normalized spacial score (nSPS) is 16.0. The fraction of sp³-hybridized carbons (Fsp3) is 0.350. The molecule has 1 fully saturated rings. The molecule has 4 nitrogen and oxygen atoms in total. The van der Waals surface area contributed by atoms with Crippen molar-refractivity contribution < 1.29 is 4.79 Å². The van der Waals surface area contributed by atoms with Crippen LogP contribution in [0, 0.1) is 0 Å². The Bertz CT molecular complexity index is 905. The van der Waals surface area contributed by atoms with Crippen molar-refractivity contribution >= 4 is 39.9 Å². The number of hydrogen-bond donors (Lipinski definition) is 1. The summed E-state index contributed by atoms with van der Waals surface area (Å²) in [6, 6.07) is 12.4. The van der Waals surface area contributed by atoms with Crippen LogP contribution in [0.5, 0.6) is 0 Å². The molecule has 0 radical (unpaired) electrons. The van der Waals surface area contributed by atoms with Crippen LogP contribution in [0.4, 0.5) is 0 Å². The average molecular weight is 384 g/mol. The molecule has 1 aromatic carbocycles. The number of nitrogens with zero attached hydrogens (tertiary/aromatic N) is 2. The number of thioether (sulfide) groups is 1. The number of para-hydroxylation sites is 1. The largest absolute Gasteiger partial charge is 0.352 e. The summed E-state index contributed by atoms with van der Waals surface area (Å²) in [5.74, 6) is 0.826. The van der Waals surface area contributed by atoms with Gasteiger partial charge in [0.1, 0.15) is 5.03 Å². The van der Waals surface area contributed by atoms with Gasteiger partial charge in [0.15, 0.2) is 5.82 Å². The second-order valence-corrected chi connectivity index (χ2v) is 8.87. The number of carbonyl (C=O) groups excluding carboxylic acids is 1. The van der Waals surface area contributed by atoms with E-state index in [-0.39, 0.29) is 11.2 Å². The van der Waals surface area contributed by atoms with Crippen LogP contribution >= 0.6 is 23.1 Å². The number of carbonyl (C=O) groups is 1. The molecule has 3 aromatic rings. The summed E-state index contributed by atoms with van der Waals surface area (Å²) in [6.45, 7) is 1.96. The monoisotopic (exact) mass is 383 g/mol. The SMILES string of the molecule is C[C@@H](Sc1nc(-c2cccs2)nc2ccccc12)C(=O)NC1CCCC1. The Labute approximate surface area is 161 Å². The Morgan fingerprint density at radius 2 is 2.00 bits per heavy atom. The van der Waals surface area contributed by atoms with Gasteiger partial charge in [-0.15, -0.1) is 11.3 Å². The predicted octanol–water partition coefficient (Wildman–Crippen LogP) is 4.90. The van der Waals surface area contributed by atoms with Crippen molar-refractivity contribution in [2.75, 3.05) is 0 Å². The maximum absolute atomic E-state index is 12.6. The first-order valence-corrected chi connectivity index (χ1v) is 10.7. The van der Waals surface area contributed by atoms with Crippen LogP contribution < -0.4 is 5.32 Å². The molecule has 134 valence electrons. The van der Waals surface area contributed by atoms with E-state index in [0.29, 0.717) is 6.04 Å². The quantitative estimate of drug-likeness (QED) is 0.503. The van der Waals surface area contributed by atoms with Crippen LogP contribution in [-0.4, -0.2) is 27.2 Å². The Morgan fingerprint density at radius 1 is 1.19 bits per heavy atom. The molecular formula is C20H21N3OS2. The Balaban J connectivity index is 1.61. The molecule has 6 heteroatoms. The van der Waals surface area contributed by atoms with Gasteiger partial charge in [-0.2, -0.15) is 0 Å². The Kier molecular flexibility index (Phi) is 5.22. The van der Waals surface area contributed by atoms with Gasteiger partial charge in [0.25, 0.3) is 0 Å². The molecule has 2 heterocycles.